The fourth-order valence-corrected chi connectivity index (χ4v) is 3.26. The van der Waals surface area contributed by atoms with Crippen molar-refractivity contribution >= 4 is 11.9 Å². The van der Waals surface area contributed by atoms with Crippen LogP contribution in [0, 0.1) is 5.41 Å². The van der Waals surface area contributed by atoms with Gasteiger partial charge in [-0.15, -0.1) is 0 Å². The molecule has 2 aliphatic rings. The molecule has 0 radical (unpaired) electrons. The standard InChI is InChI=1S/C16H22N2O3/c1-2-16(15(20)21)7-10-17(11-8-16)14(19)13-4-3-9-18(13)12-5-6-12/h3-4,9,12H,2,5-8,10-11H2,1H3,(H,20,21). The second-order valence-corrected chi connectivity index (χ2v) is 6.26. The van der Waals surface area contributed by atoms with Crippen LogP contribution in [-0.2, 0) is 4.79 Å². The predicted molar refractivity (Wildman–Crippen MR) is 78.2 cm³/mol. The monoisotopic (exact) mass is 290 g/mol. The van der Waals surface area contributed by atoms with Gasteiger partial charge in [0.2, 0.25) is 0 Å². The molecule has 21 heavy (non-hydrogen) atoms. The van der Waals surface area contributed by atoms with Crippen LogP contribution in [0.3, 0.4) is 0 Å². The van der Waals surface area contributed by atoms with E-state index in [0.29, 0.717) is 38.4 Å². The van der Waals surface area contributed by atoms with Crippen LogP contribution in [0.5, 0.6) is 0 Å². The molecule has 1 saturated carbocycles. The van der Waals surface area contributed by atoms with Gasteiger partial charge in [-0.05, 0) is 44.2 Å². The summed E-state index contributed by atoms with van der Waals surface area (Å²) >= 11 is 0. The van der Waals surface area contributed by atoms with Crippen molar-refractivity contribution < 1.29 is 14.7 Å². The van der Waals surface area contributed by atoms with E-state index in [0.717, 1.165) is 18.5 Å². The maximum Gasteiger partial charge on any atom is 0.309 e. The van der Waals surface area contributed by atoms with Gasteiger partial charge >= 0.3 is 5.97 Å². The molecule has 1 aromatic heterocycles. The zero-order valence-electron chi connectivity index (χ0n) is 12.4. The molecular formula is C16H22N2O3. The highest BCUT2D eigenvalue weighted by Gasteiger charge is 2.41. The number of carbonyl (C=O) groups is 2. The fourth-order valence-electron chi connectivity index (χ4n) is 3.26. The number of nitrogens with zero attached hydrogens (tertiary/aromatic N) is 2. The summed E-state index contributed by atoms with van der Waals surface area (Å²) in [6.07, 6.45) is 5.99. The molecule has 0 aromatic carbocycles. The van der Waals surface area contributed by atoms with Gasteiger partial charge in [0, 0.05) is 25.3 Å². The van der Waals surface area contributed by atoms with Crippen molar-refractivity contribution in [3.8, 4) is 0 Å². The molecule has 3 rings (SSSR count). The molecular weight excluding hydrogens is 268 g/mol. The average Bonchev–Trinajstić information content (AvgIpc) is 3.23. The maximum atomic E-state index is 12.6. The van der Waals surface area contributed by atoms with E-state index in [4.69, 9.17) is 0 Å². The van der Waals surface area contributed by atoms with Crippen LogP contribution in [0.25, 0.3) is 0 Å². The summed E-state index contributed by atoms with van der Waals surface area (Å²) in [4.78, 5) is 25.9. The number of carboxylic acids is 1. The second-order valence-electron chi connectivity index (χ2n) is 6.26. The number of aromatic nitrogens is 1. The topological polar surface area (TPSA) is 62.5 Å². The van der Waals surface area contributed by atoms with E-state index in [1.807, 2.05) is 30.2 Å². The molecule has 0 spiro atoms. The minimum Gasteiger partial charge on any atom is -0.481 e. The van der Waals surface area contributed by atoms with E-state index in [-0.39, 0.29) is 5.91 Å². The quantitative estimate of drug-likeness (QED) is 0.927. The zero-order chi connectivity index (χ0) is 15.0. The Morgan fingerprint density at radius 1 is 1.33 bits per heavy atom. The molecule has 0 atom stereocenters. The van der Waals surface area contributed by atoms with Gasteiger partial charge in [0.15, 0.2) is 0 Å². The Morgan fingerprint density at radius 3 is 2.52 bits per heavy atom. The lowest BCUT2D eigenvalue weighted by atomic mass is 9.76. The lowest BCUT2D eigenvalue weighted by Gasteiger charge is -2.38. The smallest absolute Gasteiger partial charge is 0.309 e. The number of rotatable bonds is 4. The third kappa shape index (κ3) is 2.45. The highest BCUT2D eigenvalue weighted by atomic mass is 16.4. The van der Waals surface area contributed by atoms with Crippen LogP contribution >= 0.6 is 0 Å². The van der Waals surface area contributed by atoms with E-state index in [9.17, 15) is 14.7 Å². The number of carbonyl (C=O) groups excluding carboxylic acids is 1. The first kappa shape index (κ1) is 14.2. The molecule has 1 aromatic rings. The molecule has 1 aliphatic carbocycles. The van der Waals surface area contributed by atoms with Gasteiger partial charge < -0.3 is 14.6 Å². The van der Waals surface area contributed by atoms with Crippen LogP contribution in [0.2, 0.25) is 0 Å². The van der Waals surface area contributed by atoms with Crippen LogP contribution in [0.15, 0.2) is 18.3 Å². The van der Waals surface area contributed by atoms with Gasteiger partial charge in [-0.1, -0.05) is 6.92 Å². The van der Waals surface area contributed by atoms with Crippen LogP contribution < -0.4 is 0 Å². The summed E-state index contributed by atoms with van der Waals surface area (Å²) in [5.41, 5.74) is 0.103. The van der Waals surface area contributed by atoms with Crippen LogP contribution in [-0.4, -0.2) is 39.5 Å². The Balaban J connectivity index is 1.70. The number of piperidine rings is 1. The first-order chi connectivity index (χ1) is 10.1. The van der Waals surface area contributed by atoms with E-state index < -0.39 is 11.4 Å². The molecule has 0 bridgehead atoms. The molecule has 2 heterocycles. The van der Waals surface area contributed by atoms with Crippen molar-refractivity contribution in [2.45, 2.75) is 45.1 Å². The van der Waals surface area contributed by atoms with E-state index >= 15 is 0 Å². The lowest BCUT2D eigenvalue weighted by molar-refractivity contribution is -0.152. The van der Waals surface area contributed by atoms with Gasteiger partial charge in [-0.2, -0.15) is 0 Å². The van der Waals surface area contributed by atoms with Crippen molar-refractivity contribution in [3.63, 3.8) is 0 Å². The summed E-state index contributed by atoms with van der Waals surface area (Å²) in [7, 11) is 0. The number of aliphatic carboxylic acids is 1. The Morgan fingerprint density at radius 2 is 2.00 bits per heavy atom. The minimum atomic E-state index is -0.724. The lowest BCUT2D eigenvalue weighted by Crippen LogP contribution is -2.46. The third-order valence-corrected chi connectivity index (χ3v) is 5.08. The molecule has 1 saturated heterocycles. The average molecular weight is 290 g/mol. The Labute approximate surface area is 124 Å². The van der Waals surface area contributed by atoms with E-state index in [1.54, 1.807) is 0 Å². The Hall–Kier alpha value is -1.78. The number of hydrogen-bond acceptors (Lipinski definition) is 2. The number of amides is 1. The van der Waals surface area contributed by atoms with E-state index in [1.165, 1.54) is 0 Å². The Bertz CT molecular complexity index is 552. The molecule has 1 amide bonds. The molecule has 0 unspecified atom stereocenters. The second kappa shape index (κ2) is 5.20. The van der Waals surface area contributed by atoms with Crippen LogP contribution in [0.4, 0.5) is 0 Å². The highest BCUT2D eigenvalue weighted by molar-refractivity contribution is 5.93. The van der Waals surface area contributed by atoms with Crippen molar-refractivity contribution in [2.75, 3.05) is 13.1 Å². The third-order valence-electron chi connectivity index (χ3n) is 5.08. The largest absolute Gasteiger partial charge is 0.481 e. The van der Waals surface area contributed by atoms with Gasteiger partial charge in [0.05, 0.1) is 5.41 Å². The van der Waals surface area contributed by atoms with Crippen LogP contribution in [0.1, 0.15) is 55.6 Å². The predicted octanol–water partition coefficient (Wildman–Crippen LogP) is 2.54. The first-order valence-electron chi connectivity index (χ1n) is 7.77. The molecule has 5 nitrogen and oxygen atoms in total. The summed E-state index contributed by atoms with van der Waals surface area (Å²) in [5.74, 6) is -0.680. The van der Waals surface area contributed by atoms with Gasteiger partial charge in [-0.25, -0.2) is 0 Å². The number of likely N-dealkylation sites (tertiary alicyclic amines) is 1. The van der Waals surface area contributed by atoms with Gasteiger partial charge in [0.25, 0.3) is 5.91 Å². The van der Waals surface area contributed by atoms with Gasteiger partial charge in [0.1, 0.15) is 5.69 Å². The Kier molecular flexibility index (Phi) is 3.51. The minimum absolute atomic E-state index is 0.0435. The SMILES string of the molecule is CCC1(C(=O)O)CCN(C(=O)c2cccn2C2CC2)CC1. The van der Waals surface area contributed by atoms with Crippen molar-refractivity contribution in [3.05, 3.63) is 24.0 Å². The van der Waals surface area contributed by atoms with Crippen molar-refractivity contribution in [2.24, 2.45) is 5.41 Å². The highest BCUT2D eigenvalue weighted by Crippen LogP contribution is 2.38. The summed E-state index contributed by atoms with van der Waals surface area (Å²) in [6.45, 7) is 2.99. The number of carboxylic acid groups (broad SMARTS) is 1. The molecule has 2 fully saturated rings. The summed E-state index contributed by atoms with van der Waals surface area (Å²) in [6, 6.07) is 4.28. The maximum absolute atomic E-state index is 12.6. The normalized spacial score (nSPS) is 21.3. The van der Waals surface area contributed by atoms with Gasteiger partial charge in [-0.3, -0.25) is 9.59 Å². The summed E-state index contributed by atoms with van der Waals surface area (Å²) in [5, 5.41) is 9.42. The number of hydrogen-bond donors (Lipinski definition) is 1. The van der Waals surface area contributed by atoms with Crippen molar-refractivity contribution in [1.82, 2.24) is 9.47 Å². The first-order valence-corrected chi connectivity index (χ1v) is 7.77. The summed E-state index contributed by atoms with van der Waals surface area (Å²) < 4.78 is 2.07. The molecule has 1 aliphatic heterocycles. The molecule has 1 N–H and O–H groups in total. The molecule has 114 valence electrons. The fraction of sp³-hybridized carbons (Fsp3) is 0.625. The zero-order valence-corrected chi connectivity index (χ0v) is 12.4. The molecule has 5 heteroatoms. The van der Waals surface area contributed by atoms with E-state index in [2.05, 4.69) is 4.57 Å². The van der Waals surface area contributed by atoms with Crippen molar-refractivity contribution in [1.29, 1.82) is 0 Å².